The van der Waals surface area contributed by atoms with Gasteiger partial charge in [0.15, 0.2) is 0 Å². The van der Waals surface area contributed by atoms with Crippen LogP contribution >= 0.6 is 0 Å². The number of aromatic nitrogens is 1. The molecule has 0 aliphatic carbocycles. The molecule has 74 valence electrons. The zero-order valence-electron chi connectivity index (χ0n) is 8.46. The van der Waals surface area contributed by atoms with Crippen LogP contribution in [-0.2, 0) is 0 Å². The molecule has 2 aromatic rings. The Morgan fingerprint density at radius 2 is 2.14 bits per heavy atom. The van der Waals surface area contributed by atoms with Gasteiger partial charge in [0.05, 0.1) is 0 Å². The molecular weight excluding hydrogens is 172 g/mol. The highest BCUT2D eigenvalue weighted by molar-refractivity contribution is 5.80. The molecule has 0 bridgehead atoms. The Bertz CT molecular complexity index is 380. The Labute approximate surface area is 84.1 Å². The van der Waals surface area contributed by atoms with Gasteiger partial charge in [-0.3, -0.25) is 0 Å². The van der Waals surface area contributed by atoms with Crippen LogP contribution in [0.2, 0.25) is 0 Å². The van der Waals surface area contributed by atoms with Crippen LogP contribution in [0.15, 0.2) is 30.3 Å². The Kier molecular flexibility index (Phi) is 2.55. The van der Waals surface area contributed by atoms with Crippen molar-refractivity contribution in [2.75, 3.05) is 6.54 Å². The van der Waals surface area contributed by atoms with Crippen molar-refractivity contribution in [3.05, 3.63) is 36.0 Å². The largest absolute Gasteiger partial charge is 0.358 e. The molecule has 0 radical (unpaired) electrons. The first-order valence-corrected chi connectivity index (χ1v) is 5.13. The second-order valence-electron chi connectivity index (χ2n) is 3.65. The van der Waals surface area contributed by atoms with Crippen LogP contribution in [0.5, 0.6) is 0 Å². The van der Waals surface area contributed by atoms with Crippen LogP contribution in [0.3, 0.4) is 0 Å². The highest BCUT2D eigenvalue weighted by Crippen LogP contribution is 2.22. The summed E-state index contributed by atoms with van der Waals surface area (Å²) in [5.74, 6) is 0.461. The number of rotatable bonds is 3. The van der Waals surface area contributed by atoms with Gasteiger partial charge in [0, 0.05) is 23.7 Å². The maximum Gasteiger partial charge on any atom is 0.0456 e. The maximum absolute atomic E-state index is 5.72. The monoisotopic (exact) mass is 188 g/mol. The molecule has 1 aromatic carbocycles. The first-order chi connectivity index (χ1) is 6.85. The van der Waals surface area contributed by atoms with Crippen molar-refractivity contribution in [1.29, 1.82) is 0 Å². The molecule has 2 heteroatoms. The second kappa shape index (κ2) is 3.84. The van der Waals surface area contributed by atoms with E-state index < -0.39 is 0 Å². The summed E-state index contributed by atoms with van der Waals surface area (Å²) in [4.78, 5) is 3.42. The lowest BCUT2D eigenvalue weighted by atomic mass is 10.0. The molecule has 2 nitrogen and oxygen atoms in total. The summed E-state index contributed by atoms with van der Waals surface area (Å²) < 4.78 is 0. The summed E-state index contributed by atoms with van der Waals surface area (Å²) in [5.41, 5.74) is 8.18. The van der Waals surface area contributed by atoms with Crippen LogP contribution < -0.4 is 5.73 Å². The normalized spacial score (nSPS) is 13.3. The third-order valence-corrected chi connectivity index (χ3v) is 2.77. The number of hydrogen-bond acceptors (Lipinski definition) is 1. The standard InChI is InChI=1S/C12H16N2/c1-2-9(8-13)12-7-10-5-3-4-6-11(10)14-12/h3-7,9,14H,2,8,13H2,1H3. The van der Waals surface area contributed by atoms with E-state index in [1.54, 1.807) is 0 Å². The molecule has 1 aromatic heterocycles. The lowest BCUT2D eigenvalue weighted by Gasteiger charge is -2.08. The zero-order valence-corrected chi connectivity index (χ0v) is 8.46. The molecule has 2 rings (SSSR count). The van der Waals surface area contributed by atoms with Crippen molar-refractivity contribution in [1.82, 2.24) is 4.98 Å². The summed E-state index contributed by atoms with van der Waals surface area (Å²) >= 11 is 0. The van der Waals surface area contributed by atoms with Crippen molar-refractivity contribution >= 4 is 10.9 Å². The van der Waals surface area contributed by atoms with Crippen molar-refractivity contribution in [3.63, 3.8) is 0 Å². The molecule has 0 saturated carbocycles. The Morgan fingerprint density at radius 1 is 1.36 bits per heavy atom. The minimum Gasteiger partial charge on any atom is -0.358 e. The quantitative estimate of drug-likeness (QED) is 0.763. The van der Waals surface area contributed by atoms with E-state index in [9.17, 15) is 0 Å². The van der Waals surface area contributed by atoms with Gasteiger partial charge in [-0.25, -0.2) is 0 Å². The van der Waals surface area contributed by atoms with Gasteiger partial charge < -0.3 is 10.7 Å². The summed E-state index contributed by atoms with van der Waals surface area (Å²) in [6, 6.07) is 10.5. The van der Waals surface area contributed by atoms with Crippen LogP contribution in [0.25, 0.3) is 10.9 Å². The lowest BCUT2D eigenvalue weighted by molar-refractivity contribution is 0.660. The highest BCUT2D eigenvalue weighted by Gasteiger charge is 2.09. The fraction of sp³-hybridized carbons (Fsp3) is 0.333. The minimum atomic E-state index is 0.461. The number of nitrogens with one attached hydrogen (secondary N) is 1. The fourth-order valence-electron chi connectivity index (χ4n) is 1.83. The van der Waals surface area contributed by atoms with Gasteiger partial charge in [-0.2, -0.15) is 0 Å². The highest BCUT2D eigenvalue weighted by atomic mass is 14.7. The molecule has 0 aliphatic rings. The van der Waals surface area contributed by atoms with Gasteiger partial charge >= 0.3 is 0 Å². The Balaban J connectivity index is 2.43. The molecule has 14 heavy (non-hydrogen) atoms. The van der Waals surface area contributed by atoms with E-state index in [-0.39, 0.29) is 0 Å². The van der Waals surface area contributed by atoms with E-state index in [4.69, 9.17) is 5.73 Å². The fourth-order valence-corrected chi connectivity index (χ4v) is 1.83. The van der Waals surface area contributed by atoms with E-state index in [0.29, 0.717) is 12.5 Å². The number of para-hydroxylation sites is 1. The molecule has 3 N–H and O–H groups in total. The van der Waals surface area contributed by atoms with E-state index in [0.717, 1.165) is 6.42 Å². The minimum absolute atomic E-state index is 0.461. The van der Waals surface area contributed by atoms with Crippen molar-refractivity contribution < 1.29 is 0 Å². The SMILES string of the molecule is CCC(CN)c1cc2ccccc2[nH]1. The van der Waals surface area contributed by atoms with Crippen LogP contribution in [-0.4, -0.2) is 11.5 Å². The summed E-state index contributed by atoms with van der Waals surface area (Å²) in [6.07, 6.45) is 1.09. The number of H-pyrrole nitrogens is 1. The molecule has 0 spiro atoms. The first kappa shape index (κ1) is 9.28. The first-order valence-electron chi connectivity index (χ1n) is 5.13. The Hall–Kier alpha value is -1.28. The number of benzene rings is 1. The topological polar surface area (TPSA) is 41.8 Å². The molecule has 1 heterocycles. The maximum atomic E-state index is 5.72. The molecule has 1 unspecified atom stereocenters. The molecule has 0 fully saturated rings. The zero-order chi connectivity index (χ0) is 9.97. The predicted octanol–water partition coefficient (Wildman–Crippen LogP) is 2.62. The molecule has 0 amide bonds. The smallest absolute Gasteiger partial charge is 0.0456 e. The second-order valence-corrected chi connectivity index (χ2v) is 3.65. The van der Waals surface area contributed by atoms with Crippen molar-refractivity contribution in [3.8, 4) is 0 Å². The van der Waals surface area contributed by atoms with E-state index >= 15 is 0 Å². The van der Waals surface area contributed by atoms with Gasteiger partial charge in [-0.15, -0.1) is 0 Å². The molecule has 0 saturated heterocycles. The van der Waals surface area contributed by atoms with Crippen molar-refractivity contribution in [2.45, 2.75) is 19.3 Å². The Morgan fingerprint density at radius 3 is 2.79 bits per heavy atom. The van der Waals surface area contributed by atoms with E-state index in [2.05, 4.69) is 36.2 Å². The van der Waals surface area contributed by atoms with Crippen LogP contribution in [0, 0.1) is 0 Å². The molecule has 1 atom stereocenters. The predicted molar refractivity (Wildman–Crippen MR) is 60.4 cm³/mol. The number of aromatic amines is 1. The van der Waals surface area contributed by atoms with E-state index in [1.165, 1.54) is 16.6 Å². The van der Waals surface area contributed by atoms with Gasteiger partial charge in [-0.1, -0.05) is 25.1 Å². The summed E-state index contributed by atoms with van der Waals surface area (Å²) in [7, 11) is 0. The average Bonchev–Trinajstić information content (AvgIpc) is 2.63. The lowest BCUT2D eigenvalue weighted by Crippen LogP contribution is -2.11. The third-order valence-electron chi connectivity index (χ3n) is 2.77. The van der Waals surface area contributed by atoms with E-state index in [1.807, 2.05) is 6.07 Å². The van der Waals surface area contributed by atoms with Gasteiger partial charge in [0.25, 0.3) is 0 Å². The average molecular weight is 188 g/mol. The summed E-state index contributed by atoms with van der Waals surface area (Å²) in [6.45, 7) is 2.88. The van der Waals surface area contributed by atoms with Gasteiger partial charge in [-0.05, 0) is 23.9 Å². The number of hydrogen-bond donors (Lipinski definition) is 2. The number of fused-ring (bicyclic) bond motifs is 1. The van der Waals surface area contributed by atoms with Crippen LogP contribution in [0.1, 0.15) is 25.0 Å². The number of nitrogens with two attached hydrogens (primary N) is 1. The third kappa shape index (κ3) is 1.53. The van der Waals surface area contributed by atoms with Crippen molar-refractivity contribution in [2.24, 2.45) is 5.73 Å². The van der Waals surface area contributed by atoms with Gasteiger partial charge in [0.1, 0.15) is 0 Å². The summed E-state index contributed by atoms with van der Waals surface area (Å²) in [5, 5.41) is 1.27. The molecule has 0 aliphatic heterocycles. The van der Waals surface area contributed by atoms with Crippen LogP contribution in [0.4, 0.5) is 0 Å². The molecular formula is C12H16N2. The van der Waals surface area contributed by atoms with Gasteiger partial charge in [0.2, 0.25) is 0 Å².